The number of hydrogen-bond acceptors (Lipinski definition) is 5. The van der Waals surface area contributed by atoms with Crippen molar-refractivity contribution in [3.63, 3.8) is 0 Å². The Labute approximate surface area is 208 Å². The molecule has 8 nitrogen and oxygen atoms in total. The lowest BCUT2D eigenvalue weighted by molar-refractivity contribution is 0.0323. The lowest BCUT2D eigenvalue weighted by Crippen LogP contribution is -2.38. The van der Waals surface area contributed by atoms with Gasteiger partial charge >= 0.3 is 6.03 Å². The molecule has 1 fully saturated rings. The third-order valence-electron chi connectivity index (χ3n) is 5.52. The summed E-state index contributed by atoms with van der Waals surface area (Å²) in [6, 6.07) is 12.5. The summed E-state index contributed by atoms with van der Waals surface area (Å²) in [7, 11) is 1.82. The number of ether oxygens (including phenoxy) is 2. The fraction of sp³-hybridized carbons (Fsp3) is 0.333. The largest absolute Gasteiger partial charge is 0.492 e. The average Bonchev–Trinajstić information content (AvgIpc) is 3.18. The van der Waals surface area contributed by atoms with Crippen LogP contribution in [-0.4, -0.2) is 60.2 Å². The van der Waals surface area contributed by atoms with Crippen molar-refractivity contribution in [1.82, 2.24) is 20.0 Å². The van der Waals surface area contributed by atoms with Gasteiger partial charge in [0, 0.05) is 49.5 Å². The Kier molecular flexibility index (Phi) is 8.29. The zero-order valence-electron chi connectivity index (χ0n) is 18.9. The van der Waals surface area contributed by atoms with E-state index in [0.717, 1.165) is 44.0 Å². The average molecular weight is 504 g/mol. The van der Waals surface area contributed by atoms with E-state index >= 15 is 0 Å². The maximum absolute atomic E-state index is 12.5. The second-order valence-electron chi connectivity index (χ2n) is 7.91. The van der Waals surface area contributed by atoms with Gasteiger partial charge < -0.3 is 20.1 Å². The maximum Gasteiger partial charge on any atom is 0.319 e. The van der Waals surface area contributed by atoms with Crippen molar-refractivity contribution in [2.24, 2.45) is 7.05 Å². The first-order valence-electron chi connectivity index (χ1n) is 11.0. The molecule has 0 atom stereocenters. The van der Waals surface area contributed by atoms with Crippen LogP contribution < -0.4 is 15.4 Å². The molecule has 180 valence electrons. The van der Waals surface area contributed by atoms with E-state index in [4.69, 9.17) is 32.7 Å². The summed E-state index contributed by atoms with van der Waals surface area (Å²) in [5.74, 6) is 0.672. The number of hydrogen-bond donors (Lipinski definition) is 2. The summed E-state index contributed by atoms with van der Waals surface area (Å²) in [5, 5.41) is 11.1. The molecule has 2 heterocycles. The van der Waals surface area contributed by atoms with Crippen LogP contribution in [0.25, 0.3) is 11.3 Å². The fourth-order valence-corrected chi connectivity index (χ4v) is 4.10. The number of carbonyl (C=O) groups is 1. The predicted molar refractivity (Wildman–Crippen MR) is 134 cm³/mol. The van der Waals surface area contributed by atoms with Gasteiger partial charge in [-0.25, -0.2) is 4.79 Å². The first kappa shape index (κ1) is 24.3. The molecule has 1 saturated heterocycles. The summed E-state index contributed by atoms with van der Waals surface area (Å²) in [4.78, 5) is 14.8. The van der Waals surface area contributed by atoms with Crippen LogP contribution in [0.5, 0.6) is 5.75 Å². The third kappa shape index (κ3) is 6.42. The van der Waals surface area contributed by atoms with Gasteiger partial charge in [-0.2, -0.15) is 5.10 Å². The second-order valence-corrected chi connectivity index (χ2v) is 8.76. The van der Waals surface area contributed by atoms with Gasteiger partial charge in [-0.05, 0) is 35.9 Å². The smallest absolute Gasteiger partial charge is 0.319 e. The molecule has 0 spiro atoms. The van der Waals surface area contributed by atoms with Crippen LogP contribution in [0.4, 0.5) is 10.5 Å². The predicted octanol–water partition coefficient (Wildman–Crippen LogP) is 4.43. The Bertz CT molecular complexity index is 1090. The van der Waals surface area contributed by atoms with Gasteiger partial charge in [0.15, 0.2) is 0 Å². The summed E-state index contributed by atoms with van der Waals surface area (Å²) < 4.78 is 13.2. The van der Waals surface area contributed by atoms with Crippen molar-refractivity contribution >= 4 is 34.9 Å². The highest BCUT2D eigenvalue weighted by molar-refractivity contribution is 6.33. The number of urea groups is 1. The number of anilines is 1. The normalized spacial score (nSPS) is 14.1. The number of aromatic nitrogens is 2. The minimum atomic E-state index is -0.321. The third-order valence-corrected chi connectivity index (χ3v) is 6.05. The Morgan fingerprint density at radius 3 is 2.62 bits per heavy atom. The summed E-state index contributed by atoms with van der Waals surface area (Å²) in [6.45, 7) is 5.00. The van der Waals surface area contributed by atoms with Gasteiger partial charge in [-0.3, -0.25) is 9.58 Å². The fourth-order valence-electron chi connectivity index (χ4n) is 3.70. The summed E-state index contributed by atoms with van der Waals surface area (Å²) in [5.41, 5.74) is 3.03. The van der Waals surface area contributed by atoms with Crippen LogP contribution in [0.2, 0.25) is 10.0 Å². The number of carbonyl (C=O) groups excluding carboxylic acids is 1. The van der Waals surface area contributed by atoms with E-state index in [1.165, 1.54) is 0 Å². The number of morpholine rings is 1. The van der Waals surface area contributed by atoms with Crippen LogP contribution >= 0.6 is 23.2 Å². The Balaban J connectivity index is 1.45. The molecule has 1 aliphatic rings. The molecule has 0 aliphatic carbocycles. The molecule has 0 saturated carbocycles. The monoisotopic (exact) mass is 503 g/mol. The Morgan fingerprint density at radius 1 is 1.15 bits per heavy atom. The van der Waals surface area contributed by atoms with Crippen molar-refractivity contribution in [3.05, 3.63) is 64.3 Å². The molecule has 10 heteroatoms. The molecule has 0 bridgehead atoms. The quantitative estimate of drug-likeness (QED) is 0.475. The van der Waals surface area contributed by atoms with Crippen LogP contribution in [0.3, 0.4) is 0 Å². The summed E-state index contributed by atoms with van der Waals surface area (Å²) >= 11 is 12.3. The van der Waals surface area contributed by atoms with Gasteiger partial charge in [0.1, 0.15) is 12.4 Å². The van der Waals surface area contributed by atoms with E-state index in [1.54, 1.807) is 29.1 Å². The minimum absolute atomic E-state index is 0.321. The molecule has 3 aromatic rings. The van der Waals surface area contributed by atoms with Crippen molar-refractivity contribution < 1.29 is 14.3 Å². The molecule has 1 aliphatic heterocycles. The van der Waals surface area contributed by atoms with Crippen molar-refractivity contribution in [1.29, 1.82) is 0 Å². The van der Waals surface area contributed by atoms with Gasteiger partial charge in [0.2, 0.25) is 0 Å². The lowest BCUT2D eigenvalue weighted by atomic mass is 10.1. The summed E-state index contributed by atoms with van der Waals surface area (Å²) in [6.07, 6.45) is 1.59. The molecular formula is C24H27Cl2N5O3. The molecule has 2 amide bonds. The van der Waals surface area contributed by atoms with Crippen LogP contribution in [-0.2, 0) is 18.3 Å². The van der Waals surface area contributed by atoms with E-state index in [0.29, 0.717) is 40.3 Å². The number of aryl methyl sites for hydroxylation is 1. The van der Waals surface area contributed by atoms with E-state index in [-0.39, 0.29) is 6.03 Å². The number of halogens is 2. The first-order valence-corrected chi connectivity index (χ1v) is 11.8. The molecule has 2 aromatic carbocycles. The van der Waals surface area contributed by atoms with Crippen molar-refractivity contribution in [3.8, 4) is 17.0 Å². The highest BCUT2D eigenvalue weighted by atomic mass is 35.5. The second kappa shape index (κ2) is 11.6. The molecule has 0 radical (unpaired) electrons. The SMILES string of the molecule is Cn1ncc(Cl)c1-c1cc(NC(=O)NCc2ccc(Cl)cc2)ccc1OCCN1CCOCC1. The van der Waals surface area contributed by atoms with Gasteiger partial charge in [0.05, 0.1) is 30.1 Å². The Hall–Kier alpha value is -2.78. The van der Waals surface area contributed by atoms with E-state index < -0.39 is 0 Å². The van der Waals surface area contributed by atoms with E-state index in [2.05, 4.69) is 20.6 Å². The molecule has 2 N–H and O–H groups in total. The standard InChI is InChI=1S/C24H27Cl2N5O3/c1-30-23(21(26)16-28-30)20-14-19(29-24(32)27-15-17-2-4-18(25)5-3-17)6-7-22(20)34-13-10-31-8-11-33-12-9-31/h2-7,14,16H,8-13,15H2,1H3,(H2,27,29,32). The number of amides is 2. The number of nitrogens with one attached hydrogen (secondary N) is 2. The Morgan fingerprint density at radius 2 is 1.91 bits per heavy atom. The zero-order chi connectivity index (χ0) is 23.9. The lowest BCUT2D eigenvalue weighted by Gasteiger charge is -2.26. The topological polar surface area (TPSA) is 80.7 Å². The van der Waals surface area contributed by atoms with Crippen LogP contribution in [0.15, 0.2) is 48.7 Å². The molecule has 0 unspecified atom stereocenters. The van der Waals surface area contributed by atoms with Crippen molar-refractivity contribution in [2.45, 2.75) is 6.54 Å². The van der Waals surface area contributed by atoms with E-state index in [9.17, 15) is 4.79 Å². The van der Waals surface area contributed by atoms with Crippen LogP contribution in [0, 0.1) is 0 Å². The van der Waals surface area contributed by atoms with Crippen LogP contribution in [0.1, 0.15) is 5.56 Å². The molecule has 34 heavy (non-hydrogen) atoms. The molecule has 1 aromatic heterocycles. The maximum atomic E-state index is 12.5. The van der Waals surface area contributed by atoms with Gasteiger partial charge in [-0.1, -0.05) is 35.3 Å². The number of benzene rings is 2. The molecular weight excluding hydrogens is 477 g/mol. The first-order chi connectivity index (χ1) is 16.5. The highest BCUT2D eigenvalue weighted by Gasteiger charge is 2.17. The van der Waals surface area contributed by atoms with E-state index in [1.807, 2.05) is 31.3 Å². The minimum Gasteiger partial charge on any atom is -0.492 e. The zero-order valence-corrected chi connectivity index (χ0v) is 20.4. The number of nitrogens with zero attached hydrogens (tertiary/aromatic N) is 3. The van der Waals surface area contributed by atoms with Gasteiger partial charge in [-0.15, -0.1) is 0 Å². The highest BCUT2D eigenvalue weighted by Crippen LogP contribution is 2.36. The van der Waals surface area contributed by atoms with Crippen molar-refractivity contribution in [2.75, 3.05) is 44.8 Å². The molecule has 4 rings (SSSR count). The number of rotatable bonds is 8. The van der Waals surface area contributed by atoms with Gasteiger partial charge in [0.25, 0.3) is 0 Å².